The summed E-state index contributed by atoms with van der Waals surface area (Å²) in [5.41, 5.74) is 1.02. The number of rotatable bonds is 3. The third-order valence-electron chi connectivity index (χ3n) is 1.47. The van der Waals surface area contributed by atoms with E-state index in [1.807, 2.05) is 5.43 Å². The Labute approximate surface area is 142 Å². The van der Waals surface area contributed by atoms with Gasteiger partial charge < -0.3 is 36.2 Å². The molecule has 11 nitrogen and oxygen atoms in total. The van der Waals surface area contributed by atoms with Gasteiger partial charge in [0.2, 0.25) is 0 Å². The standard InChI is InChI=1S/C6H5N4O4.2CH3.2ClH.HNO2.Pt/c7-8-4-1-5(9(11)12)3-6(2-4)10(13)14;;;;;2-1-3;/h1-3,7-8H;2*1H3;2*1H;(H,2,3);/q3*-1;;;;+2/p-3. The van der Waals surface area contributed by atoms with Crippen molar-refractivity contribution in [2.75, 3.05) is 5.43 Å². The third kappa shape index (κ3) is 13.4. The summed E-state index contributed by atoms with van der Waals surface area (Å²) in [7, 11) is 9.75. The zero-order valence-corrected chi connectivity index (χ0v) is 14.9. The number of benzene rings is 1. The number of hydrogen-bond acceptors (Lipinski definition) is 8. The van der Waals surface area contributed by atoms with Crippen molar-refractivity contribution in [2.24, 2.45) is 5.34 Å². The maximum absolute atomic E-state index is 10.3. The molecule has 132 valence electrons. The van der Waals surface area contributed by atoms with Gasteiger partial charge in [-0.25, -0.2) is 0 Å². The van der Waals surface area contributed by atoms with Crippen molar-refractivity contribution < 1.29 is 26.3 Å². The van der Waals surface area contributed by atoms with Crippen molar-refractivity contribution in [3.8, 4) is 0 Å². The molecule has 0 fully saturated rings. The number of nitro benzene ring substituents is 2. The summed E-state index contributed by atoms with van der Waals surface area (Å²) in [6.45, 7) is 0. The number of nitrogens with zero attached hydrogens (tertiary/aromatic N) is 3. The monoisotopic (exact) mass is 538 g/mol. The second kappa shape index (κ2) is 17.5. The Morgan fingerprint density at radius 1 is 1.09 bits per heavy atom. The molecule has 22 heavy (non-hydrogen) atoms. The van der Waals surface area contributed by atoms with E-state index in [-0.39, 0.29) is 20.5 Å². The first-order valence-electron chi connectivity index (χ1n) is 4.01. The average Bonchev–Trinajstić information content (AvgIpc) is 2.39. The van der Waals surface area contributed by atoms with E-state index in [0.29, 0.717) is 0 Å². The van der Waals surface area contributed by atoms with E-state index in [2.05, 4.69) is 0 Å². The fourth-order valence-corrected chi connectivity index (χ4v) is 0.878. The number of hydrogen-bond donors (Lipinski definition) is 1. The van der Waals surface area contributed by atoms with Crippen LogP contribution in [0.2, 0.25) is 0 Å². The smallest absolute Gasteiger partial charge is 0.278 e. The van der Waals surface area contributed by atoms with E-state index in [1.165, 1.54) is 0 Å². The summed E-state index contributed by atoms with van der Waals surface area (Å²) in [6, 6.07) is 2.92. The Bertz CT molecular complexity index is 434. The van der Waals surface area contributed by atoms with Gasteiger partial charge in [0.05, 0.1) is 15.9 Å². The van der Waals surface area contributed by atoms with Crippen LogP contribution in [-0.4, -0.2) is 9.85 Å². The molecule has 0 saturated carbocycles. The van der Waals surface area contributed by atoms with Crippen molar-refractivity contribution in [1.29, 1.82) is 0 Å². The summed E-state index contributed by atoms with van der Waals surface area (Å²) in [5, 5.41) is 29.7. The second-order valence-electron chi connectivity index (χ2n) is 2.50. The molecule has 0 atom stereocenters. The SMILES string of the molecule is O=N[O-].[CH3-].[CH3-].[Cl][Pt][Cl].[NH-]Nc1cc([N+](=O)[O-])cc([N+](=O)[O-])c1. The minimum Gasteiger partial charge on any atom is -0.586 e. The molecule has 14 heteroatoms. The van der Waals surface area contributed by atoms with Crippen LogP contribution in [0, 0.1) is 45.2 Å². The van der Waals surface area contributed by atoms with Crippen LogP contribution < -0.4 is 5.43 Å². The molecular weight excluding hydrogens is 528 g/mol. The summed E-state index contributed by atoms with van der Waals surface area (Å²) in [4.78, 5) is 27.2. The van der Waals surface area contributed by atoms with E-state index >= 15 is 0 Å². The number of nitro groups is 2. The zero-order chi connectivity index (χ0) is 16.1. The van der Waals surface area contributed by atoms with Crippen LogP contribution in [0.5, 0.6) is 0 Å². The Morgan fingerprint density at radius 3 is 1.55 bits per heavy atom. The van der Waals surface area contributed by atoms with Crippen molar-refractivity contribution in [2.45, 2.75) is 0 Å². The summed E-state index contributed by atoms with van der Waals surface area (Å²) in [6.07, 6.45) is 0. The van der Waals surface area contributed by atoms with Crippen LogP contribution in [0.1, 0.15) is 0 Å². The largest absolute Gasteiger partial charge is 0.586 e. The Hall–Kier alpha value is -1.55. The fraction of sp³-hybridized carbons (Fsp3) is 0. The molecule has 1 aromatic rings. The van der Waals surface area contributed by atoms with Gasteiger partial charge in [-0.15, -0.1) is 5.34 Å². The topological polar surface area (TPSA) is 175 Å². The van der Waals surface area contributed by atoms with Gasteiger partial charge in [0.1, 0.15) is 0 Å². The molecule has 0 saturated heterocycles. The molecule has 0 bridgehead atoms. The molecule has 0 unspecified atom stereocenters. The van der Waals surface area contributed by atoms with Crippen LogP contribution in [0.4, 0.5) is 17.1 Å². The first kappa shape index (κ1) is 28.6. The van der Waals surface area contributed by atoms with Crippen molar-refractivity contribution >= 4 is 35.9 Å². The molecule has 0 radical (unpaired) electrons. The summed E-state index contributed by atoms with van der Waals surface area (Å²) < 4.78 is 0. The normalized spacial score (nSPS) is 7.59. The Kier molecular flexibility index (Phi) is 22.7. The summed E-state index contributed by atoms with van der Waals surface area (Å²) >= 11 is -0.472. The van der Waals surface area contributed by atoms with E-state index in [1.54, 1.807) is 0 Å². The van der Waals surface area contributed by atoms with E-state index in [0.717, 1.165) is 23.5 Å². The van der Waals surface area contributed by atoms with Gasteiger partial charge in [0.15, 0.2) is 0 Å². The van der Waals surface area contributed by atoms with Gasteiger partial charge in [-0.1, -0.05) is 0 Å². The quantitative estimate of drug-likeness (QED) is 0.256. The van der Waals surface area contributed by atoms with Crippen LogP contribution in [0.25, 0.3) is 5.84 Å². The van der Waals surface area contributed by atoms with Crippen LogP contribution in [0.15, 0.2) is 23.5 Å². The molecule has 0 aliphatic heterocycles. The van der Waals surface area contributed by atoms with Crippen LogP contribution >= 0.6 is 18.8 Å². The molecule has 0 aliphatic rings. The maximum atomic E-state index is 10.3. The predicted octanol–water partition coefficient (Wildman–Crippen LogP) is 4.41. The van der Waals surface area contributed by atoms with E-state index in [9.17, 15) is 20.2 Å². The molecule has 0 aliphatic carbocycles. The van der Waals surface area contributed by atoms with E-state index in [4.69, 9.17) is 34.8 Å². The summed E-state index contributed by atoms with van der Waals surface area (Å²) in [5.74, 6) is 6.72. The van der Waals surface area contributed by atoms with Gasteiger partial charge in [0, 0.05) is 17.8 Å². The molecule has 1 aromatic carbocycles. The Balaban J connectivity index is -0.000000176. The number of halogens is 2. The number of anilines is 1. The van der Waals surface area contributed by atoms with Crippen LogP contribution in [-0.2, 0) is 16.5 Å². The minimum absolute atomic E-state index is 0. The number of nitrogens with one attached hydrogen (secondary N) is 2. The van der Waals surface area contributed by atoms with Gasteiger partial charge in [0.25, 0.3) is 11.4 Å². The minimum atomic E-state index is -0.756. The van der Waals surface area contributed by atoms with Gasteiger partial charge >= 0.3 is 35.3 Å². The zero-order valence-electron chi connectivity index (χ0n) is 11.1. The average molecular weight is 539 g/mol. The molecule has 1 rings (SSSR count). The fourth-order valence-electron chi connectivity index (χ4n) is 0.878. The molecule has 2 N–H and O–H groups in total. The maximum Gasteiger partial charge on any atom is 0.278 e. The molecule has 0 spiro atoms. The van der Waals surface area contributed by atoms with Crippen molar-refractivity contribution in [3.05, 3.63) is 69.2 Å². The van der Waals surface area contributed by atoms with Crippen molar-refractivity contribution in [1.82, 2.24) is 0 Å². The predicted molar refractivity (Wildman–Crippen MR) is 81.4 cm³/mol. The van der Waals surface area contributed by atoms with Gasteiger partial charge in [-0.3, -0.25) is 20.2 Å². The first-order valence-corrected chi connectivity index (χ1v) is 9.64. The second-order valence-corrected chi connectivity index (χ2v) is 5.78. The molecule has 0 heterocycles. The molecular formula is C8H11Cl2N5O6Pt-4. The van der Waals surface area contributed by atoms with Gasteiger partial charge in [-0.05, 0) is 0 Å². The van der Waals surface area contributed by atoms with Gasteiger partial charge in [-0.2, -0.15) is 0 Å². The van der Waals surface area contributed by atoms with Crippen molar-refractivity contribution in [3.63, 3.8) is 0 Å². The molecule has 0 aromatic heterocycles. The van der Waals surface area contributed by atoms with Crippen LogP contribution in [0.3, 0.4) is 0 Å². The third-order valence-corrected chi connectivity index (χ3v) is 1.47. The Morgan fingerprint density at radius 2 is 1.36 bits per heavy atom. The van der Waals surface area contributed by atoms with E-state index < -0.39 is 37.7 Å². The molecule has 0 amide bonds. The first-order chi connectivity index (χ1) is 9.37. The number of non-ortho nitro benzene ring substituents is 2.